The van der Waals surface area contributed by atoms with Gasteiger partial charge in [0.2, 0.25) is 0 Å². The largest absolute Gasteiger partial charge is 0.573 e. The van der Waals surface area contributed by atoms with E-state index in [4.69, 9.17) is 5.73 Å². The summed E-state index contributed by atoms with van der Waals surface area (Å²) < 4.78 is 41.0. The number of carboxylic acid groups (broad SMARTS) is 2. The Morgan fingerprint density at radius 2 is 1.75 bits per heavy atom. The second-order valence-corrected chi connectivity index (χ2v) is 5.09. The van der Waals surface area contributed by atoms with Crippen LogP contribution in [-0.2, 0) is 0 Å². The number of nitrogens with two attached hydrogens (primary N) is 1. The van der Waals surface area contributed by atoms with Crippen LogP contribution in [0.5, 0.6) is 5.75 Å². The number of nitro groups is 1. The van der Waals surface area contributed by atoms with Gasteiger partial charge in [0.25, 0.3) is 11.2 Å². The van der Waals surface area contributed by atoms with Crippen LogP contribution in [0, 0.1) is 10.1 Å². The predicted octanol–water partition coefficient (Wildman–Crippen LogP) is 1.83. The van der Waals surface area contributed by atoms with Gasteiger partial charge in [-0.15, -0.1) is 13.2 Å². The molecule has 0 atom stereocenters. The second-order valence-electron chi connectivity index (χ2n) is 5.09. The molecule has 148 valence electrons. The second kappa shape index (κ2) is 6.90. The summed E-state index contributed by atoms with van der Waals surface area (Å²) >= 11 is 0. The van der Waals surface area contributed by atoms with E-state index in [1.807, 2.05) is 0 Å². The van der Waals surface area contributed by atoms with Gasteiger partial charge in [0.15, 0.2) is 0 Å². The number of rotatable bonds is 5. The summed E-state index contributed by atoms with van der Waals surface area (Å²) in [5.74, 6) is -5.74. The number of H-pyrrole nitrogens is 1. The van der Waals surface area contributed by atoms with Crippen molar-refractivity contribution in [3.63, 3.8) is 0 Å². The fraction of sp³-hybridized carbons (Fsp3) is 0.0714. The van der Waals surface area contributed by atoms with E-state index in [-0.39, 0.29) is 0 Å². The molecule has 28 heavy (non-hydrogen) atoms. The van der Waals surface area contributed by atoms with Crippen LogP contribution in [0.2, 0.25) is 0 Å². The lowest BCUT2D eigenvalue weighted by atomic mass is 9.94. The lowest BCUT2D eigenvalue weighted by Crippen LogP contribution is -2.24. The molecule has 0 unspecified atom stereocenters. The minimum Gasteiger partial charge on any atom is -0.478 e. The molecule has 0 saturated heterocycles. The van der Waals surface area contributed by atoms with E-state index in [0.29, 0.717) is 18.2 Å². The third kappa shape index (κ3) is 3.84. The summed E-state index contributed by atoms with van der Waals surface area (Å²) in [5.41, 5.74) is -1.29. The van der Waals surface area contributed by atoms with Gasteiger partial charge < -0.3 is 25.7 Å². The summed E-state index contributed by atoms with van der Waals surface area (Å²) in [7, 11) is 0. The number of nitrogens with one attached hydrogen (secondary N) is 1. The number of carbonyl (C=O) groups is 2. The zero-order valence-electron chi connectivity index (χ0n) is 13.2. The van der Waals surface area contributed by atoms with E-state index in [1.54, 1.807) is 4.98 Å². The van der Waals surface area contributed by atoms with Gasteiger partial charge in [-0.1, -0.05) is 0 Å². The third-order valence-electron chi connectivity index (χ3n) is 3.34. The quantitative estimate of drug-likeness (QED) is 0.427. The number of hydrogen-bond donors (Lipinski definition) is 4. The Hall–Kier alpha value is -4.10. The monoisotopic (exact) mass is 403 g/mol. The molecule has 11 nitrogen and oxygen atoms in total. The minimum atomic E-state index is -5.20. The summed E-state index contributed by atoms with van der Waals surface area (Å²) in [6.07, 6.45) is -5.20. The van der Waals surface area contributed by atoms with Crippen molar-refractivity contribution in [1.29, 1.82) is 0 Å². The summed E-state index contributed by atoms with van der Waals surface area (Å²) in [4.78, 5) is 46.8. The van der Waals surface area contributed by atoms with Crippen molar-refractivity contribution in [2.45, 2.75) is 6.36 Å². The highest BCUT2D eigenvalue weighted by Crippen LogP contribution is 2.39. The SMILES string of the molecule is Nc1[nH]c(=O)c(C(=O)O)c(-c2cc(OC(F)(F)F)ccc2[N+](=O)[O-])c1C(=O)O. The molecule has 14 heteroatoms. The Bertz CT molecular complexity index is 1060. The van der Waals surface area contributed by atoms with E-state index < -0.39 is 68.3 Å². The number of pyridine rings is 1. The molecule has 0 aliphatic rings. The fourth-order valence-electron chi connectivity index (χ4n) is 2.39. The maximum Gasteiger partial charge on any atom is 0.573 e. The van der Waals surface area contributed by atoms with Gasteiger partial charge in [-0.3, -0.25) is 14.9 Å². The molecule has 1 aromatic carbocycles. The number of halogens is 3. The first-order valence-corrected chi connectivity index (χ1v) is 6.90. The van der Waals surface area contributed by atoms with E-state index >= 15 is 0 Å². The lowest BCUT2D eigenvalue weighted by Gasteiger charge is -2.14. The number of ether oxygens (including phenoxy) is 1. The third-order valence-corrected chi connectivity index (χ3v) is 3.34. The highest BCUT2D eigenvalue weighted by atomic mass is 19.4. The number of nitrogens with zero attached hydrogens (tertiary/aromatic N) is 1. The normalized spacial score (nSPS) is 11.1. The number of hydrogen-bond acceptors (Lipinski definition) is 7. The molecule has 0 fully saturated rings. The molecular weight excluding hydrogens is 395 g/mol. The predicted molar refractivity (Wildman–Crippen MR) is 84.2 cm³/mol. The Morgan fingerprint density at radius 1 is 1.18 bits per heavy atom. The van der Waals surface area contributed by atoms with Gasteiger partial charge in [-0.05, 0) is 12.1 Å². The number of aromatic nitrogens is 1. The van der Waals surface area contributed by atoms with E-state index in [2.05, 4.69) is 4.74 Å². The number of anilines is 1. The van der Waals surface area contributed by atoms with Crippen molar-refractivity contribution in [3.05, 3.63) is 49.8 Å². The average Bonchev–Trinajstić information content (AvgIpc) is 2.51. The topological polar surface area (TPSA) is 186 Å². The number of aromatic carboxylic acids is 2. The number of alkyl halides is 3. The van der Waals surface area contributed by atoms with Crippen LogP contribution in [0.1, 0.15) is 20.7 Å². The number of carboxylic acids is 2. The maximum absolute atomic E-state index is 12.5. The first-order valence-electron chi connectivity index (χ1n) is 6.90. The molecule has 0 aliphatic heterocycles. The molecule has 2 aromatic rings. The van der Waals surface area contributed by atoms with Gasteiger partial charge >= 0.3 is 18.3 Å². The van der Waals surface area contributed by atoms with E-state index in [0.717, 1.165) is 0 Å². The summed E-state index contributed by atoms with van der Waals surface area (Å²) in [5, 5.41) is 29.8. The van der Waals surface area contributed by atoms with E-state index in [1.165, 1.54) is 0 Å². The highest BCUT2D eigenvalue weighted by Gasteiger charge is 2.34. The Kier molecular flexibility index (Phi) is 4.98. The molecule has 0 amide bonds. The van der Waals surface area contributed by atoms with E-state index in [9.17, 15) is 47.9 Å². The highest BCUT2D eigenvalue weighted by molar-refractivity contribution is 6.08. The molecule has 1 heterocycles. The Labute approximate surface area is 150 Å². The first-order chi connectivity index (χ1) is 12.8. The molecule has 0 saturated carbocycles. The molecule has 0 radical (unpaired) electrons. The summed E-state index contributed by atoms with van der Waals surface area (Å²) in [6.45, 7) is 0. The van der Waals surface area contributed by atoms with Crippen LogP contribution in [0.3, 0.4) is 0 Å². The zero-order valence-corrected chi connectivity index (χ0v) is 13.2. The van der Waals surface area contributed by atoms with Crippen LogP contribution in [0.15, 0.2) is 23.0 Å². The zero-order chi connectivity index (χ0) is 21.4. The van der Waals surface area contributed by atoms with Crippen LogP contribution < -0.4 is 16.0 Å². The smallest absolute Gasteiger partial charge is 0.478 e. The van der Waals surface area contributed by atoms with Gasteiger partial charge in [-0.2, -0.15) is 0 Å². The Balaban J connectivity index is 3.02. The fourth-order valence-corrected chi connectivity index (χ4v) is 2.39. The molecular formula is C14H8F3N3O8. The molecule has 2 rings (SSSR count). The number of aromatic amines is 1. The molecule has 1 aromatic heterocycles. The lowest BCUT2D eigenvalue weighted by molar-refractivity contribution is -0.384. The van der Waals surface area contributed by atoms with Crippen molar-refractivity contribution >= 4 is 23.4 Å². The van der Waals surface area contributed by atoms with Gasteiger partial charge in [0, 0.05) is 11.6 Å². The Morgan fingerprint density at radius 3 is 2.21 bits per heavy atom. The molecule has 5 N–H and O–H groups in total. The average molecular weight is 403 g/mol. The van der Waals surface area contributed by atoms with Crippen LogP contribution in [0.25, 0.3) is 11.1 Å². The van der Waals surface area contributed by atoms with Crippen LogP contribution in [0.4, 0.5) is 24.7 Å². The standard InChI is InChI=1S/C14H8F3N3O8/c15-14(16,17)28-4-1-2-6(20(26)27)5(3-4)7-8(12(22)23)10(18)19-11(21)9(7)13(24)25/h1-3H,(H,22,23)(H,24,25)(H3,18,19,21). The molecule has 0 spiro atoms. The van der Waals surface area contributed by atoms with Gasteiger partial charge in [-0.25, -0.2) is 9.59 Å². The molecule has 0 bridgehead atoms. The first kappa shape index (κ1) is 20.2. The van der Waals surface area contributed by atoms with Crippen molar-refractivity contribution in [2.75, 3.05) is 5.73 Å². The number of benzene rings is 1. The van der Waals surface area contributed by atoms with Crippen molar-refractivity contribution in [1.82, 2.24) is 4.98 Å². The van der Waals surface area contributed by atoms with Crippen molar-refractivity contribution in [2.24, 2.45) is 0 Å². The van der Waals surface area contributed by atoms with Crippen molar-refractivity contribution in [3.8, 4) is 16.9 Å². The minimum absolute atomic E-state index is 0.388. The van der Waals surface area contributed by atoms with Crippen molar-refractivity contribution < 1.29 is 42.6 Å². The number of nitro benzene ring substituents is 1. The van der Waals surface area contributed by atoms with Gasteiger partial charge in [0.1, 0.15) is 22.7 Å². The maximum atomic E-state index is 12.5. The van der Waals surface area contributed by atoms with Crippen LogP contribution >= 0.6 is 0 Å². The number of nitrogen functional groups attached to an aromatic ring is 1. The summed E-state index contributed by atoms with van der Waals surface area (Å²) in [6, 6.07) is 1.48. The van der Waals surface area contributed by atoms with Gasteiger partial charge in [0.05, 0.1) is 10.5 Å². The van der Waals surface area contributed by atoms with Crippen LogP contribution in [-0.4, -0.2) is 38.4 Å². The molecule has 0 aliphatic carbocycles.